The van der Waals surface area contributed by atoms with Gasteiger partial charge in [0.05, 0.1) is 17.0 Å². The number of amides is 2. The van der Waals surface area contributed by atoms with E-state index >= 15 is 0 Å². The third-order valence-corrected chi connectivity index (χ3v) is 8.27. The van der Waals surface area contributed by atoms with Gasteiger partial charge < -0.3 is 9.80 Å². The lowest BCUT2D eigenvalue weighted by molar-refractivity contribution is -0.140. The molecule has 200 valence electrons. The van der Waals surface area contributed by atoms with Crippen molar-refractivity contribution in [2.24, 2.45) is 5.92 Å². The summed E-state index contributed by atoms with van der Waals surface area (Å²) in [6.07, 6.45) is 3.73. The van der Waals surface area contributed by atoms with Crippen LogP contribution in [0.25, 0.3) is 0 Å². The molecule has 37 heavy (non-hydrogen) atoms. The van der Waals surface area contributed by atoms with E-state index in [1.54, 1.807) is 6.20 Å². The summed E-state index contributed by atoms with van der Waals surface area (Å²) >= 11 is 12.2. The maximum Gasteiger partial charge on any atom is 0.227 e. The van der Waals surface area contributed by atoms with Gasteiger partial charge in [-0.15, -0.1) is 0 Å². The van der Waals surface area contributed by atoms with Gasteiger partial charge >= 0.3 is 0 Å². The summed E-state index contributed by atoms with van der Waals surface area (Å²) in [6.45, 7) is 11.7. The van der Waals surface area contributed by atoms with Gasteiger partial charge in [0.25, 0.3) is 0 Å². The Labute approximate surface area is 230 Å². The minimum Gasteiger partial charge on any atom is -0.341 e. The van der Waals surface area contributed by atoms with Crippen LogP contribution in [0.5, 0.6) is 0 Å². The fourth-order valence-electron chi connectivity index (χ4n) is 5.62. The van der Waals surface area contributed by atoms with E-state index in [0.717, 1.165) is 30.6 Å². The molecule has 1 aromatic carbocycles. The molecule has 8 heteroatoms. The Morgan fingerprint density at radius 2 is 1.68 bits per heavy atom. The van der Waals surface area contributed by atoms with Crippen LogP contribution in [0.4, 0.5) is 0 Å². The molecule has 0 spiro atoms. The Morgan fingerprint density at radius 3 is 2.30 bits per heavy atom. The first-order chi connectivity index (χ1) is 17.6. The van der Waals surface area contributed by atoms with Gasteiger partial charge in [0.2, 0.25) is 11.8 Å². The van der Waals surface area contributed by atoms with E-state index in [2.05, 4.69) is 30.7 Å². The van der Waals surface area contributed by atoms with Gasteiger partial charge in [-0.2, -0.15) is 0 Å². The molecular weight excluding hydrogens is 507 g/mol. The van der Waals surface area contributed by atoms with Crippen molar-refractivity contribution in [2.45, 2.75) is 64.5 Å². The molecular formula is C29H38Cl2N4O2. The number of carbonyl (C=O) groups is 2. The van der Waals surface area contributed by atoms with Crippen molar-refractivity contribution < 1.29 is 9.59 Å². The summed E-state index contributed by atoms with van der Waals surface area (Å²) in [7, 11) is 0. The third-order valence-electron chi connectivity index (χ3n) is 7.80. The zero-order chi connectivity index (χ0) is 26.7. The van der Waals surface area contributed by atoms with Crippen molar-refractivity contribution in [1.29, 1.82) is 0 Å². The predicted molar refractivity (Wildman–Crippen MR) is 149 cm³/mol. The first-order valence-corrected chi connectivity index (χ1v) is 14.0. The maximum atomic E-state index is 14.1. The van der Waals surface area contributed by atoms with Crippen LogP contribution in [0.3, 0.4) is 0 Å². The van der Waals surface area contributed by atoms with Gasteiger partial charge in [-0.1, -0.05) is 42.3 Å². The van der Waals surface area contributed by atoms with Crippen LogP contribution in [0.2, 0.25) is 10.0 Å². The molecule has 2 aromatic rings. The molecule has 2 fully saturated rings. The molecule has 2 amide bonds. The fourth-order valence-corrected chi connectivity index (χ4v) is 5.86. The highest BCUT2D eigenvalue weighted by molar-refractivity contribution is 6.30. The Bertz CT molecular complexity index is 1080. The molecule has 0 radical (unpaired) electrons. The number of benzene rings is 1. The molecule has 3 heterocycles. The third kappa shape index (κ3) is 6.47. The molecule has 0 N–H and O–H groups in total. The molecule has 4 rings (SSSR count). The zero-order valence-electron chi connectivity index (χ0n) is 22.3. The van der Waals surface area contributed by atoms with Crippen molar-refractivity contribution >= 4 is 35.0 Å². The Morgan fingerprint density at radius 1 is 0.973 bits per heavy atom. The lowest BCUT2D eigenvalue weighted by atomic mass is 9.90. The first-order valence-electron chi connectivity index (χ1n) is 13.3. The Hall–Kier alpha value is -2.15. The van der Waals surface area contributed by atoms with E-state index in [4.69, 9.17) is 23.2 Å². The highest BCUT2D eigenvalue weighted by Crippen LogP contribution is 2.37. The van der Waals surface area contributed by atoms with Gasteiger partial charge in [0.15, 0.2) is 0 Å². The van der Waals surface area contributed by atoms with Crippen molar-refractivity contribution in [1.82, 2.24) is 19.7 Å². The number of pyridine rings is 1. The van der Waals surface area contributed by atoms with Crippen LogP contribution in [0.15, 0.2) is 42.6 Å². The second-order valence-corrected chi connectivity index (χ2v) is 12.0. The number of carbonyl (C=O) groups excluding carboxylic acids is 2. The SMILES string of the molecule is CCC(=O)N1CCN(C(=O)[C@@H]2CN(C(C)(C)C)C[C@H]2c2ccc(Cl)cn2)CCC[C@H]1c1ccc(Cl)cc1. The van der Waals surface area contributed by atoms with E-state index in [9.17, 15) is 9.59 Å². The summed E-state index contributed by atoms with van der Waals surface area (Å²) in [5.41, 5.74) is 1.95. The molecule has 0 saturated carbocycles. The highest BCUT2D eigenvalue weighted by atomic mass is 35.5. The topological polar surface area (TPSA) is 56.8 Å². The van der Waals surface area contributed by atoms with E-state index in [0.29, 0.717) is 42.6 Å². The quantitative estimate of drug-likeness (QED) is 0.487. The first kappa shape index (κ1) is 27.9. The lowest BCUT2D eigenvalue weighted by Crippen LogP contribution is -2.48. The van der Waals surface area contributed by atoms with Gasteiger partial charge in [-0.25, -0.2) is 0 Å². The summed E-state index contributed by atoms with van der Waals surface area (Å²) in [4.78, 5) is 38.0. The number of likely N-dealkylation sites (tertiary alicyclic amines) is 1. The summed E-state index contributed by atoms with van der Waals surface area (Å²) in [5.74, 6) is 0.0824. The number of aromatic nitrogens is 1. The lowest BCUT2D eigenvalue weighted by Gasteiger charge is -2.38. The maximum absolute atomic E-state index is 14.1. The van der Waals surface area contributed by atoms with Gasteiger partial charge in [0, 0.05) is 67.5 Å². The van der Waals surface area contributed by atoms with Gasteiger partial charge in [-0.05, 0) is 63.4 Å². The summed E-state index contributed by atoms with van der Waals surface area (Å²) in [6, 6.07) is 11.6. The van der Waals surface area contributed by atoms with Crippen LogP contribution >= 0.6 is 23.2 Å². The summed E-state index contributed by atoms with van der Waals surface area (Å²) < 4.78 is 0. The highest BCUT2D eigenvalue weighted by Gasteiger charge is 2.44. The van der Waals surface area contributed by atoms with Gasteiger partial charge in [-0.3, -0.25) is 19.5 Å². The number of hydrogen-bond donors (Lipinski definition) is 0. The van der Waals surface area contributed by atoms with Crippen molar-refractivity contribution in [3.8, 4) is 0 Å². The predicted octanol–water partition coefficient (Wildman–Crippen LogP) is 5.80. The Balaban J connectivity index is 1.55. The fraction of sp³-hybridized carbons (Fsp3) is 0.552. The monoisotopic (exact) mass is 544 g/mol. The Kier molecular flexibility index (Phi) is 8.82. The summed E-state index contributed by atoms with van der Waals surface area (Å²) in [5, 5.41) is 1.28. The van der Waals surface area contributed by atoms with Crippen LogP contribution in [0, 0.1) is 5.92 Å². The number of halogens is 2. The minimum atomic E-state index is -0.185. The van der Waals surface area contributed by atoms with Crippen LogP contribution in [-0.4, -0.2) is 69.8 Å². The van der Waals surface area contributed by atoms with Crippen LogP contribution in [-0.2, 0) is 9.59 Å². The normalized spacial score (nSPS) is 23.6. The van der Waals surface area contributed by atoms with E-state index in [1.165, 1.54) is 0 Å². The molecule has 0 unspecified atom stereocenters. The van der Waals surface area contributed by atoms with E-state index in [-0.39, 0.29) is 35.2 Å². The molecule has 6 nitrogen and oxygen atoms in total. The van der Waals surface area contributed by atoms with Crippen molar-refractivity contribution in [3.63, 3.8) is 0 Å². The molecule has 1 aromatic heterocycles. The molecule has 0 bridgehead atoms. The second kappa shape index (κ2) is 11.7. The smallest absolute Gasteiger partial charge is 0.227 e. The average molecular weight is 546 g/mol. The molecule has 2 aliphatic heterocycles. The van der Waals surface area contributed by atoms with Crippen LogP contribution in [0.1, 0.15) is 70.2 Å². The minimum absolute atomic E-state index is 0.00385. The zero-order valence-corrected chi connectivity index (χ0v) is 23.8. The number of rotatable bonds is 4. The number of nitrogens with zero attached hydrogens (tertiary/aromatic N) is 4. The number of hydrogen-bond acceptors (Lipinski definition) is 4. The molecule has 3 atom stereocenters. The van der Waals surface area contributed by atoms with Gasteiger partial charge in [0.1, 0.15) is 0 Å². The largest absolute Gasteiger partial charge is 0.341 e. The van der Waals surface area contributed by atoms with E-state index < -0.39 is 0 Å². The average Bonchev–Trinajstić information content (AvgIpc) is 3.31. The molecule has 0 aliphatic carbocycles. The standard InChI is InChI=1S/C29H38Cl2N4O2/c1-5-27(36)35-16-15-33(14-6-7-26(35)20-8-10-21(30)11-9-20)28(37)24-19-34(29(2,3)4)18-23(24)25-13-12-22(31)17-32-25/h8-13,17,23-24,26H,5-7,14-16,18-19H2,1-4H3/t23-,24-,26+/m1/s1. The molecule has 2 aliphatic rings. The van der Waals surface area contributed by atoms with Crippen molar-refractivity contribution in [2.75, 3.05) is 32.7 Å². The molecule has 2 saturated heterocycles. The van der Waals surface area contributed by atoms with E-state index in [1.807, 2.05) is 53.1 Å². The van der Waals surface area contributed by atoms with Crippen molar-refractivity contribution in [3.05, 3.63) is 63.9 Å². The van der Waals surface area contributed by atoms with Crippen LogP contribution < -0.4 is 0 Å². The second-order valence-electron chi connectivity index (χ2n) is 11.2.